The molecule has 0 aliphatic rings. The number of hydrogen-bond donors (Lipinski definition) is 2. The molecule has 0 spiro atoms. The summed E-state index contributed by atoms with van der Waals surface area (Å²) in [4.78, 5) is 4.61. The average Bonchev–Trinajstić information content (AvgIpc) is 2.53. The van der Waals surface area contributed by atoms with E-state index in [-0.39, 0.29) is 12.4 Å². The molecule has 0 aliphatic carbocycles. The predicted molar refractivity (Wildman–Crippen MR) is 91.6 cm³/mol. The van der Waals surface area contributed by atoms with Gasteiger partial charge < -0.3 is 5.43 Å². The Labute approximate surface area is 130 Å². The molecule has 108 valence electrons. The highest BCUT2D eigenvalue weighted by Gasteiger charge is 2.08. The van der Waals surface area contributed by atoms with Gasteiger partial charge in [-0.1, -0.05) is 43.3 Å². The number of nitrogens with two attached hydrogens (primary N) is 1. The molecule has 0 atom stereocenters. The molecule has 2 aromatic carbocycles. The highest BCUT2D eigenvalue weighted by Crippen LogP contribution is 2.29. The van der Waals surface area contributed by atoms with Crippen LogP contribution in [0.15, 0.2) is 54.6 Å². The molecule has 3 rings (SSSR count). The molecule has 0 amide bonds. The average molecular weight is 300 g/mol. The third-order valence-electron chi connectivity index (χ3n) is 3.51. The monoisotopic (exact) mass is 299 g/mol. The Kier molecular flexibility index (Phi) is 4.78. The second-order valence-electron chi connectivity index (χ2n) is 4.78. The lowest BCUT2D eigenvalue weighted by atomic mass is 10.0. The van der Waals surface area contributed by atoms with E-state index in [0.717, 1.165) is 28.5 Å². The fraction of sp³-hybridized carbons (Fsp3) is 0.118. The number of anilines is 1. The maximum absolute atomic E-state index is 5.62. The minimum atomic E-state index is 0. The molecule has 0 saturated carbocycles. The third-order valence-corrected chi connectivity index (χ3v) is 3.51. The van der Waals surface area contributed by atoms with Crippen molar-refractivity contribution in [1.82, 2.24) is 4.98 Å². The van der Waals surface area contributed by atoms with E-state index in [9.17, 15) is 0 Å². The first kappa shape index (κ1) is 15.3. The van der Waals surface area contributed by atoms with Crippen molar-refractivity contribution in [3.8, 4) is 11.1 Å². The first-order chi connectivity index (χ1) is 9.81. The lowest BCUT2D eigenvalue weighted by molar-refractivity contribution is 1.14. The van der Waals surface area contributed by atoms with Gasteiger partial charge in [0.25, 0.3) is 0 Å². The number of hydrazine groups is 1. The fourth-order valence-electron chi connectivity index (χ4n) is 2.39. The maximum Gasteiger partial charge on any atom is 0.148 e. The van der Waals surface area contributed by atoms with E-state index >= 15 is 0 Å². The van der Waals surface area contributed by atoms with Gasteiger partial charge in [0.2, 0.25) is 0 Å². The number of nitrogen functional groups attached to an aromatic ring is 1. The summed E-state index contributed by atoms with van der Waals surface area (Å²) in [6.07, 6.45) is 1.02. The molecule has 0 saturated heterocycles. The molecule has 21 heavy (non-hydrogen) atoms. The van der Waals surface area contributed by atoms with Crippen LogP contribution in [-0.4, -0.2) is 4.98 Å². The van der Waals surface area contributed by atoms with Crippen LogP contribution in [-0.2, 0) is 6.42 Å². The zero-order valence-electron chi connectivity index (χ0n) is 11.8. The minimum Gasteiger partial charge on any atom is -0.308 e. The van der Waals surface area contributed by atoms with Crippen LogP contribution in [0.1, 0.15) is 12.5 Å². The highest BCUT2D eigenvalue weighted by atomic mass is 35.5. The molecule has 3 aromatic rings. The van der Waals surface area contributed by atoms with E-state index in [4.69, 9.17) is 5.84 Å². The van der Waals surface area contributed by atoms with Gasteiger partial charge in [0.05, 0.1) is 5.52 Å². The van der Waals surface area contributed by atoms with Gasteiger partial charge in [-0.3, -0.25) is 0 Å². The van der Waals surface area contributed by atoms with Crippen LogP contribution in [0.25, 0.3) is 22.0 Å². The second-order valence-corrected chi connectivity index (χ2v) is 4.78. The molecule has 0 aliphatic heterocycles. The van der Waals surface area contributed by atoms with Gasteiger partial charge in [0, 0.05) is 10.9 Å². The van der Waals surface area contributed by atoms with Gasteiger partial charge in [-0.2, -0.15) is 0 Å². The van der Waals surface area contributed by atoms with E-state index in [1.165, 1.54) is 5.56 Å². The number of hydrogen-bond acceptors (Lipinski definition) is 3. The van der Waals surface area contributed by atoms with E-state index < -0.39 is 0 Å². The molecule has 0 fully saturated rings. The quantitative estimate of drug-likeness (QED) is 0.564. The van der Waals surface area contributed by atoms with Crippen LogP contribution >= 0.6 is 12.4 Å². The lowest BCUT2D eigenvalue weighted by Crippen LogP contribution is -2.10. The molecular formula is C17H18ClN3. The van der Waals surface area contributed by atoms with E-state index in [2.05, 4.69) is 47.7 Å². The molecular weight excluding hydrogens is 282 g/mol. The number of pyridine rings is 1. The number of aromatic nitrogens is 1. The first-order valence-electron chi connectivity index (χ1n) is 6.77. The van der Waals surface area contributed by atoms with Crippen molar-refractivity contribution < 1.29 is 0 Å². The van der Waals surface area contributed by atoms with Crippen molar-refractivity contribution in [2.45, 2.75) is 13.3 Å². The van der Waals surface area contributed by atoms with Crippen LogP contribution in [0, 0.1) is 0 Å². The number of benzene rings is 2. The predicted octanol–water partition coefficient (Wildman–Crippen LogP) is 4.17. The standard InChI is InChI=1S/C17H17N3.ClH/c1-2-12-8-9-16-14(10-12)11-15(17(19-16)20-18)13-6-4-3-5-7-13;/h3-11H,2,18H2,1H3,(H,19,20);1H. The molecule has 0 bridgehead atoms. The van der Waals surface area contributed by atoms with Crippen LogP contribution in [0.3, 0.4) is 0 Å². The molecule has 3 N–H and O–H groups in total. The number of nitrogens with one attached hydrogen (secondary N) is 1. The van der Waals surface area contributed by atoms with Crippen molar-refractivity contribution >= 4 is 29.1 Å². The number of halogens is 1. The third kappa shape index (κ3) is 2.99. The second kappa shape index (κ2) is 6.57. The van der Waals surface area contributed by atoms with E-state index in [1.54, 1.807) is 0 Å². The SMILES string of the molecule is CCc1ccc2nc(NN)c(-c3ccccc3)cc2c1.Cl. The van der Waals surface area contributed by atoms with Gasteiger partial charge in [-0.15, -0.1) is 12.4 Å². The Bertz CT molecular complexity index is 742. The lowest BCUT2D eigenvalue weighted by Gasteiger charge is -2.11. The molecule has 1 heterocycles. The Morgan fingerprint density at radius 1 is 1.05 bits per heavy atom. The zero-order chi connectivity index (χ0) is 13.9. The summed E-state index contributed by atoms with van der Waals surface area (Å²) in [5.74, 6) is 6.32. The Morgan fingerprint density at radius 2 is 1.81 bits per heavy atom. The van der Waals surface area contributed by atoms with Gasteiger partial charge in [0.15, 0.2) is 0 Å². The van der Waals surface area contributed by atoms with Gasteiger partial charge >= 0.3 is 0 Å². The summed E-state index contributed by atoms with van der Waals surface area (Å²) in [6.45, 7) is 2.16. The van der Waals surface area contributed by atoms with Gasteiger partial charge in [0.1, 0.15) is 5.82 Å². The van der Waals surface area contributed by atoms with Gasteiger partial charge in [-0.25, -0.2) is 10.8 Å². The summed E-state index contributed by atoms with van der Waals surface area (Å²) < 4.78 is 0. The number of rotatable bonds is 3. The molecule has 3 nitrogen and oxygen atoms in total. The first-order valence-corrected chi connectivity index (χ1v) is 6.77. The summed E-state index contributed by atoms with van der Waals surface area (Å²) in [7, 11) is 0. The smallest absolute Gasteiger partial charge is 0.148 e. The Balaban J connectivity index is 0.00000161. The Hall–Kier alpha value is -2.10. The topological polar surface area (TPSA) is 50.9 Å². The summed E-state index contributed by atoms with van der Waals surface area (Å²) in [5.41, 5.74) is 7.10. The van der Waals surface area contributed by atoms with Crippen molar-refractivity contribution in [1.29, 1.82) is 0 Å². The number of nitrogens with zero attached hydrogens (tertiary/aromatic N) is 1. The number of aryl methyl sites for hydroxylation is 1. The van der Waals surface area contributed by atoms with Crippen LogP contribution < -0.4 is 11.3 Å². The van der Waals surface area contributed by atoms with E-state index in [1.807, 2.05) is 24.3 Å². The fourth-order valence-corrected chi connectivity index (χ4v) is 2.39. The van der Waals surface area contributed by atoms with E-state index in [0.29, 0.717) is 5.82 Å². The largest absolute Gasteiger partial charge is 0.308 e. The molecule has 0 radical (unpaired) electrons. The zero-order valence-corrected chi connectivity index (χ0v) is 12.7. The molecule has 1 aromatic heterocycles. The Morgan fingerprint density at radius 3 is 2.48 bits per heavy atom. The maximum atomic E-state index is 5.62. The van der Waals surface area contributed by atoms with Crippen molar-refractivity contribution in [3.05, 3.63) is 60.2 Å². The van der Waals surface area contributed by atoms with Gasteiger partial charge in [-0.05, 0) is 35.7 Å². The van der Waals surface area contributed by atoms with Crippen molar-refractivity contribution in [2.24, 2.45) is 5.84 Å². The normalized spacial score (nSPS) is 10.2. The molecule has 0 unspecified atom stereocenters. The van der Waals surface area contributed by atoms with Crippen molar-refractivity contribution in [2.75, 3.05) is 5.43 Å². The summed E-state index contributed by atoms with van der Waals surface area (Å²) in [5, 5.41) is 1.14. The summed E-state index contributed by atoms with van der Waals surface area (Å²) in [6, 6.07) is 18.6. The summed E-state index contributed by atoms with van der Waals surface area (Å²) >= 11 is 0. The van der Waals surface area contributed by atoms with Crippen LogP contribution in [0.2, 0.25) is 0 Å². The number of fused-ring (bicyclic) bond motifs is 1. The van der Waals surface area contributed by atoms with Crippen molar-refractivity contribution in [3.63, 3.8) is 0 Å². The van der Waals surface area contributed by atoms with Crippen LogP contribution in [0.4, 0.5) is 5.82 Å². The minimum absolute atomic E-state index is 0. The van der Waals surface area contributed by atoms with Crippen LogP contribution in [0.5, 0.6) is 0 Å². The molecule has 4 heteroatoms. The highest BCUT2D eigenvalue weighted by molar-refractivity contribution is 5.89.